The Morgan fingerprint density at radius 1 is 1.16 bits per heavy atom. The van der Waals surface area contributed by atoms with Gasteiger partial charge in [0.15, 0.2) is 0 Å². The molecule has 10 heteroatoms. The molecule has 3 aromatic carbocycles. The van der Waals surface area contributed by atoms with Crippen molar-refractivity contribution in [1.82, 2.24) is 15.3 Å². The third-order valence-electron chi connectivity index (χ3n) is 8.18. The summed E-state index contributed by atoms with van der Waals surface area (Å²) in [5.74, 6) is -0.487. The number of unbranched alkanes of at least 4 members (excludes halogenated alkanes) is 1. The first kappa shape index (κ1) is 30.9. The molecular weight excluding hydrogens is 594 g/mol. The fourth-order valence-electron chi connectivity index (χ4n) is 5.90. The van der Waals surface area contributed by atoms with Crippen molar-refractivity contribution in [2.75, 3.05) is 23.7 Å². The summed E-state index contributed by atoms with van der Waals surface area (Å²) in [6.07, 6.45) is 5.05. The van der Waals surface area contributed by atoms with Crippen molar-refractivity contribution < 1.29 is 23.1 Å². The number of fused-ring (bicyclic) bond motifs is 2. The Kier molecular flexibility index (Phi) is 9.51. The average Bonchev–Trinajstić information content (AvgIpc) is 3.71. The van der Waals surface area contributed by atoms with Gasteiger partial charge in [-0.1, -0.05) is 31.5 Å². The van der Waals surface area contributed by atoms with Crippen LogP contribution in [0.1, 0.15) is 47.8 Å². The van der Waals surface area contributed by atoms with Crippen molar-refractivity contribution in [2.45, 2.75) is 56.1 Å². The van der Waals surface area contributed by atoms with E-state index in [1.54, 1.807) is 24.0 Å². The summed E-state index contributed by atoms with van der Waals surface area (Å²) in [4.78, 5) is 25.0. The van der Waals surface area contributed by atoms with Crippen molar-refractivity contribution in [3.63, 3.8) is 0 Å². The summed E-state index contributed by atoms with van der Waals surface area (Å²) in [6.45, 7) is 3.87. The zero-order valence-electron chi connectivity index (χ0n) is 25.1. The minimum absolute atomic E-state index is 0.0459. The molecule has 234 valence electrons. The minimum atomic E-state index is -0.993. The van der Waals surface area contributed by atoms with Gasteiger partial charge in [0.2, 0.25) is 5.89 Å². The van der Waals surface area contributed by atoms with E-state index in [0.29, 0.717) is 29.9 Å². The second-order valence-corrected chi connectivity index (χ2v) is 12.6. The SMILES string of the molecule is CCCCN1CCSc2c(-c3ncco3)cc(C(=O)NC(Cc3cc(F)cc(F)c3)C(O)CCc3cc4ccccc4[nH]3)cc21. The summed E-state index contributed by atoms with van der Waals surface area (Å²) in [7, 11) is 0. The number of amides is 1. The third kappa shape index (κ3) is 7.23. The summed E-state index contributed by atoms with van der Waals surface area (Å²) in [5, 5.41) is 15.5. The monoisotopic (exact) mass is 630 g/mol. The van der Waals surface area contributed by atoms with Gasteiger partial charge in [0.25, 0.3) is 5.91 Å². The Morgan fingerprint density at radius 3 is 2.73 bits per heavy atom. The lowest BCUT2D eigenvalue weighted by Gasteiger charge is -2.32. The highest BCUT2D eigenvalue weighted by atomic mass is 32.2. The maximum atomic E-state index is 14.1. The van der Waals surface area contributed by atoms with Crippen LogP contribution in [0.15, 0.2) is 82.4 Å². The van der Waals surface area contributed by atoms with E-state index in [1.165, 1.54) is 18.4 Å². The number of aliphatic hydroxyl groups is 1. The largest absolute Gasteiger partial charge is 0.444 e. The number of H-pyrrole nitrogens is 1. The zero-order valence-corrected chi connectivity index (χ0v) is 25.9. The minimum Gasteiger partial charge on any atom is -0.444 e. The number of rotatable bonds is 12. The van der Waals surface area contributed by atoms with E-state index in [-0.39, 0.29) is 6.42 Å². The summed E-state index contributed by atoms with van der Waals surface area (Å²) in [5.41, 5.74) is 4.37. The molecule has 0 radical (unpaired) electrons. The molecule has 2 atom stereocenters. The molecule has 2 unspecified atom stereocenters. The highest BCUT2D eigenvalue weighted by molar-refractivity contribution is 7.99. The van der Waals surface area contributed by atoms with Gasteiger partial charge in [-0.25, -0.2) is 13.8 Å². The number of para-hydroxylation sites is 1. The van der Waals surface area contributed by atoms with Crippen molar-refractivity contribution in [1.29, 1.82) is 0 Å². The van der Waals surface area contributed by atoms with E-state index < -0.39 is 29.7 Å². The second-order valence-electron chi connectivity index (χ2n) is 11.4. The highest BCUT2D eigenvalue weighted by Crippen LogP contribution is 2.42. The van der Waals surface area contributed by atoms with Crippen molar-refractivity contribution in [3.05, 3.63) is 102 Å². The summed E-state index contributed by atoms with van der Waals surface area (Å²) < 4.78 is 33.9. The number of aromatic amines is 1. The molecule has 5 aromatic rings. The quantitative estimate of drug-likeness (QED) is 0.136. The number of carbonyl (C=O) groups excluding carboxylic acids is 1. The van der Waals surface area contributed by atoms with Gasteiger partial charge in [0.1, 0.15) is 17.9 Å². The van der Waals surface area contributed by atoms with Gasteiger partial charge in [-0.05, 0) is 73.0 Å². The van der Waals surface area contributed by atoms with Crippen molar-refractivity contribution >= 4 is 34.3 Å². The number of aliphatic hydroxyl groups excluding tert-OH is 1. The van der Waals surface area contributed by atoms with Crippen molar-refractivity contribution in [2.24, 2.45) is 0 Å². The van der Waals surface area contributed by atoms with Crippen LogP contribution in [0.4, 0.5) is 14.5 Å². The normalized spacial score (nSPS) is 14.4. The molecule has 0 bridgehead atoms. The van der Waals surface area contributed by atoms with Gasteiger partial charge in [0.05, 0.1) is 29.6 Å². The van der Waals surface area contributed by atoms with Gasteiger partial charge in [-0.3, -0.25) is 4.79 Å². The number of anilines is 1. The lowest BCUT2D eigenvalue weighted by atomic mass is 9.96. The van der Waals surface area contributed by atoms with Crippen LogP contribution in [0, 0.1) is 11.6 Å². The molecule has 0 aliphatic carbocycles. The van der Waals surface area contributed by atoms with Crippen LogP contribution < -0.4 is 10.2 Å². The van der Waals surface area contributed by atoms with Crippen LogP contribution >= 0.6 is 11.8 Å². The van der Waals surface area contributed by atoms with E-state index in [9.17, 15) is 18.7 Å². The predicted molar refractivity (Wildman–Crippen MR) is 174 cm³/mol. The molecule has 7 nitrogen and oxygen atoms in total. The number of aryl methyl sites for hydroxylation is 1. The molecule has 3 N–H and O–H groups in total. The number of halogens is 2. The van der Waals surface area contributed by atoms with E-state index in [4.69, 9.17) is 4.42 Å². The smallest absolute Gasteiger partial charge is 0.251 e. The van der Waals surface area contributed by atoms with Crippen LogP contribution in [0.2, 0.25) is 0 Å². The van der Waals surface area contributed by atoms with Gasteiger partial charge in [0, 0.05) is 46.6 Å². The molecular formula is C35H36F2N4O3S. The first-order valence-corrected chi connectivity index (χ1v) is 16.3. The van der Waals surface area contributed by atoms with Gasteiger partial charge in [-0.15, -0.1) is 11.8 Å². The number of hydrogen-bond acceptors (Lipinski definition) is 6. The lowest BCUT2D eigenvalue weighted by Crippen LogP contribution is -2.45. The van der Waals surface area contributed by atoms with Crippen LogP contribution in [0.25, 0.3) is 22.4 Å². The Hall–Kier alpha value is -4.15. The Balaban J connectivity index is 1.29. The number of benzene rings is 3. The summed E-state index contributed by atoms with van der Waals surface area (Å²) in [6, 6.07) is 16.1. The standard InChI is InChI=1S/C35H36F2N4O3S/c1-2-3-11-41-12-14-45-33-28(35-38-10-13-44-35)19-24(20-31(33)41)34(43)40-30(17-22-15-25(36)21-26(37)16-22)32(42)9-8-27-18-23-6-4-5-7-29(23)39-27/h4-7,10,13,15-16,18-21,30,32,39,42H,2-3,8-9,11-12,14,17H2,1H3,(H,40,43). The first-order chi connectivity index (χ1) is 21.9. The molecule has 3 heterocycles. The molecule has 0 fully saturated rings. The van der Waals surface area contributed by atoms with Crippen molar-refractivity contribution in [3.8, 4) is 11.5 Å². The molecule has 45 heavy (non-hydrogen) atoms. The number of nitrogens with zero attached hydrogens (tertiary/aromatic N) is 2. The maximum Gasteiger partial charge on any atom is 0.251 e. The second kappa shape index (κ2) is 13.9. The van der Waals surface area contributed by atoms with Crippen LogP contribution in [-0.2, 0) is 12.8 Å². The first-order valence-electron chi connectivity index (χ1n) is 15.3. The third-order valence-corrected chi connectivity index (χ3v) is 9.28. The number of aromatic nitrogens is 2. The molecule has 6 rings (SSSR count). The Labute approximate surface area is 265 Å². The average molecular weight is 631 g/mol. The van der Waals surface area contributed by atoms with Gasteiger partial charge in [-0.2, -0.15) is 0 Å². The molecule has 0 saturated carbocycles. The fourth-order valence-corrected chi connectivity index (χ4v) is 7.05. The maximum absolute atomic E-state index is 14.1. The van der Waals surface area contributed by atoms with E-state index >= 15 is 0 Å². The van der Waals surface area contributed by atoms with E-state index in [1.807, 2.05) is 36.4 Å². The molecule has 1 aliphatic heterocycles. The summed E-state index contributed by atoms with van der Waals surface area (Å²) >= 11 is 1.71. The van der Waals surface area contributed by atoms with Crippen LogP contribution in [-0.4, -0.2) is 52.0 Å². The number of nitrogens with one attached hydrogen (secondary N) is 2. The molecule has 1 aliphatic rings. The lowest BCUT2D eigenvalue weighted by molar-refractivity contribution is 0.0814. The molecule has 1 amide bonds. The van der Waals surface area contributed by atoms with Crippen LogP contribution in [0.5, 0.6) is 0 Å². The topological polar surface area (TPSA) is 94.4 Å². The molecule has 2 aromatic heterocycles. The van der Waals surface area contributed by atoms with Crippen LogP contribution in [0.3, 0.4) is 0 Å². The Bertz CT molecular complexity index is 1720. The predicted octanol–water partition coefficient (Wildman–Crippen LogP) is 7.15. The molecule has 0 spiro atoms. The number of carbonyl (C=O) groups is 1. The zero-order chi connectivity index (χ0) is 31.3. The van der Waals surface area contributed by atoms with Gasteiger partial charge >= 0.3 is 0 Å². The van der Waals surface area contributed by atoms with E-state index in [2.05, 4.69) is 27.1 Å². The van der Waals surface area contributed by atoms with Gasteiger partial charge < -0.3 is 24.7 Å². The number of thioether (sulfide) groups is 1. The number of hydrogen-bond donors (Lipinski definition) is 3. The van der Waals surface area contributed by atoms with E-state index in [0.717, 1.165) is 70.5 Å². The molecule has 0 saturated heterocycles. The number of oxazole rings is 1. The highest BCUT2D eigenvalue weighted by Gasteiger charge is 2.28. The Morgan fingerprint density at radius 2 is 1.98 bits per heavy atom. The fraction of sp³-hybridized carbons (Fsp3) is 0.314.